The fourth-order valence-corrected chi connectivity index (χ4v) is 2.42. The van der Waals surface area contributed by atoms with E-state index in [1.807, 2.05) is 0 Å². The fraction of sp³-hybridized carbons (Fsp3) is 0.818. The molecule has 4 N–H and O–H groups in total. The number of hydrogen-bond donors (Lipinski definition) is 4. The Labute approximate surface area is 114 Å². The Morgan fingerprint density at radius 2 is 1.71 bits per heavy atom. The van der Waals surface area contributed by atoms with Crippen molar-refractivity contribution in [3.63, 3.8) is 0 Å². The Morgan fingerprint density at radius 1 is 1.06 bits per heavy atom. The molecule has 0 saturated heterocycles. The van der Waals surface area contributed by atoms with Crippen LogP contribution in [0.3, 0.4) is 0 Å². The lowest BCUT2D eigenvalue weighted by atomic mass is 9.78. The molecule has 98 valence electrons. The molecule has 1 saturated carbocycles. The molecule has 0 heterocycles. The first-order chi connectivity index (χ1) is 8.04. The van der Waals surface area contributed by atoms with Gasteiger partial charge in [-0.25, -0.2) is 0 Å². The highest BCUT2D eigenvalue weighted by atomic mass is 32.1. The van der Waals surface area contributed by atoms with Crippen molar-refractivity contribution in [2.45, 2.75) is 39.2 Å². The summed E-state index contributed by atoms with van der Waals surface area (Å²) in [5.74, 6) is 1.41. The predicted octanol–water partition coefficient (Wildman–Crippen LogP) is 1.28. The first-order valence-electron chi connectivity index (χ1n) is 6.08. The number of thiocarbonyl (C=S) groups is 2. The summed E-state index contributed by atoms with van der Waals surface area (Å²) in [6, 6.07) is 0.462. The van der Waals surface area contributed by atoms with Crippen molar-refractivity contribution in [1.82, 2.24) is 21.5 Å². The minimum Gasteiger partial charge on any atom is -0.364 e. The largest absolute Gasteiger partial charge is 0.364 e. The van der Waals surface area contributed by atoms with Crippen LogP contribution in [0.1, 0.15) is 33.1 Å². The Bertz CT molecular complexity index is 283. The molecular formula is C11H22N4S2. The van der Waals surface area contributed by atoms with E-state index in [1.54, 1.807) is 7.05 Å². The highest BCUT2D eigenvalue weighted by Crippen LogP contribution is 2.29. The maximum atomic E-state index is 5.22. The fourth-order valence-electron chi connectivity index (χ4n) is 2.17. The van der Waals surface area contributed by atoms with Gasteiger partial charge in [0.05, 0.1) is 0 Å². The van der Waals surface area contributed by atoms with E-state index in [9.17, 15) is 0 Å². The molecule has 0 aromatic heterocycles. The van der Waals surface area contributed by atoms with Crippen LogP contribution in [0.15, 0.2) is 0 Å². The van der Waals surface area contributed by atoms with Gasteiger partial charge in [-0.3, -0.25) is 10.9 Å². The lowest BCUT2D eigenvalue weighted by molar-refractivity contribution is 0.224. The zero-order valence-corrected chi connectivity index (χ0v) is 12.3. The third-order valence-corrected chi connectivity index (χ3v) is 4.07. The Balaban J connectivity index is 2.32. The molecule has 0 aromatic rings. The number of nitrogens with one attached hydrogen (secondary N) is 4. The Morgan fingerprint density at radius 3 is 2.35 bits per heavy atom. The van der Waals surface area contributed by atoms with E-state index < -0.39 is 0 Å². The molecule has 0 bridgehead atoms. The van der Waals surface area contributed by atoms with Gasteiger partial charge in [0.15, 0.2) is 10.2 Å². The SMILES string of the molecule is CNC(=S)NNC(=S)N[C@H]1CCC[C@@H](C)[C@H]1C. The molecule has 0 unspecified atom stereocenters. The number of hydrazine groups is 1. The minimum absolute atomic E-state index is 0.462. The van der Waals surface area contributed by atoms with Crippen molar-refractivity contribution in [2.24, 2.45) is 11.8 Å². The van der Waals surface area contributed by atoms with Gasteiger partial charge in [0, 0.05) is 13.1 Å². The van der Waals surface area contributed by atoms with Crippen LogP contribution < -0.4 is 21.5 Å². The average molecular weight is 274 g/mol. The van der Waals surface area contributed by atoms with Crippen LogP contribution in [0.25, 0.3) is 0 Å². The van der Waals surface area contributed by atoms with E-state index in [1.165, 1.54) is 19.3 Å². The number of hydrogen-bond acceptors (Lipinski definition) is 2. The first kappa shape index (κ1) is 14.4. The Kier molecular flexibility index (Phi) is 5.91. The van der Waals surface area contributed by atoms with Crippen molar-refractivity contribution in [1.29, 1.82) is 0 Å². The quantitative estimate of drug-likeness (QED) is 0.427. The predicted molar refractivity (Wildman–Crippen MR) is 79.6 cm³/mol. The average Bonchev–Trinajstić information content (AvgIpc) is 2.32. The molecular weight excluding hydrogens is 252 g/mol. The van der Waals surface area contributed by atoms with E-state index >= 15 is 0 Å². The van der Waals surface area contributed by atoms with E-state index in [0.29, 0.717) is 22.2 Å². The van der Waals surface area contributed by atoms with Gasteiger partial charge in [-0.05, 0) is 42.7 Å². The molecule has 1 rings (SSSR count). The van der Waals surface area contributed by atoms with Gasteiger partial charge in [0.2, 0.25) is 0 Å². The van der Waals surface area contributed by atoms with Crippen LogP contribution in [0.2, 0.25) is 0 Å². The minimum atomic E-state index is 0.462. The molecule has 1 aliphatic rings. The van der Waals surface area contributed by atoms with Gasteiger partial charge in [-0.1, -0.05) is 26.7 Å². The van der Waals surface area contributed by atoms with Crippen LogP contribution in [0.5, 0.6) is 0 Å². The van der Waals surface area contributed by atoms with E-state index in [2.05, 4.69) is 35.3 Å². The third kappa shape index (κ3) is 4.63. The third-order valence-electron chi connectivity index (χ3n) is 3.54. The molecule has 6 heteroatoms. The van der Waals surface area contributed by atoms with Crippen LogP contribution >= 0.6 is 24.4 Å². The molecule has 1 fully saturated rings. The molecule has 0 radical (unpaired) electrons. The van der Waals surface area contributed by atoms with Crippen LogP contribution in [-0.4, -0.2) is 23.3 Å². The zero-order valence-electron chi connectivity index (χ0n) is 10.7. The summed E-state index contributed by atoms with van der Waals surface area (Å²) < 4.78 is 0. The lowest BCUT2D eigenvalue weighted by Crippen LogP contribution is -2.53. The second-order valence-corrected chi connectivity index (χ2v) is 5.49. The summed E-state index contributed by atoms with van der Waals surface area (Å²) in [4.78, 5) is 0. The first-order valence-corrected chi connectivity index (χ1v) is 6.90. The Hall–Kier alpha value is -0.620. The molecule has 0 amide bonds. The van der Waals surface area contributed by atoms with Crippen molar-refractivity contribution in [3.8, 4) is 0 Å². The lowest BCUT2D eigenvalue weighted by Gasteiger charge is -2.35. The molecule has 0 spiro atoms. The van der Waals surface area contributed by atoms with E-state index in [-0.39, 0.29) is 0 Å². The highest BCUT2D eigenvalue weighted by Gasteiger charge is 2.27. The summed E-state index contributed by atoms with van der Waals surface area (Å²) in [5.41, 5.74) is 5.70. The molecule has 17 heavy (non-hydrogen) atoms. The van der Waals surface area contributed by atoms with Gasteiger partial charge in [0.25, 0.3) is 0 Å². The van der Waals surface area contributed by atoms with Gasteiger partial charge >= 0.3 is 0 Å². The van der Waals surface area contributed by atoms with Gasteiger partial charge in [0.1, 0.15) is 0 Å². The van der Waals surface area contributed by atoms with Crippen molar-refractivity contribution in [3.05, 3.63) is 0 Å². The van der Waals surface area contributed by atoms with Gasteiger partial charge < -0.3 is 10.6 Å². The summed E-state index contributed by atoms with van der Waals surface area (Å²) >= 11 is 10.2. The van der Waals surface area contributed by atoms with Gasteiger partial charge in [-0.15, -0.1) is 0 Å². The molecule has 4 nitrogen and oxygen atoms in total. The standard InChI is InChI=1S/C11H22N4S2/c1-7-5-4-6-9(8(7)2)13-11(17)15-14-10(16)12-3/h7-9H,4-6H2,1-3H3,(H2,12,14,16)(H2,13,15,17)/t7-,8-,9+/m1/s1. The topological polar surface area (TPSA) is 48.1 Å². The molecule has 0 aromatic carbocycles. The van der Waals surface area contributed by atoms with Crippen molar-refractivity contribution >= 4 is 34.7 Å². The molecule has 0 aliphatic heterocycles. The van der Waals surface area contributed by atoms with Crippen molar-refractivity contribution < 1.29 is 0 Å². The molecule has 3 atom stereocenters. The zero-order chi connectivity index (χ0) is 12.8. The van der Waals surface area contributed by atoms with Crippen molar-refractivity contribution in [2.75, 3.05) is 7.05 Å². The normalized spacial score (nSPS) is 28.1. The second-order valence-electron chi connectivity index (χ2n) is 4.68. The van der Waals surface area contributed by atoms with Crippen LogP contribution in [0.4, 0.5) is 0 Å². The van der Waals surface area contributed by atoms with Crippen LogP contribution in [-0.2, 0) is 0 Å². The maximum absolute atomic E-state index is 5.22. The van der Waals surface area contributed by atoms with Crippen LogP contribution in [0, 0.1) is 11.8 Å². The van der Waals surface area contributed by atoms with E-state index in [0.717, 1.165) is 5.92 Å². The smallest absolute Gasteiger partial charge is 0.185 e. The summed E-state index contributed by atoms with van der Waals surface area (Å²) in [6.07, 6.45) is 3.78. The second kappa shape index (κ2) is 6.96. The monoisotopic (exact) mass is 274 g/mol. The maximum Gasteiger partial charge on any atom is 0.185 e. The highest BCUT2D eigenvalue weighted by molar-refractivity contribution is 7.80. The summed E-state index contributed by atoms with van der Waals surface area (Å²) in [6.45, 7) is 4.60. The summed E-state index contributed by atoms with van der Waals surface area (Å²) in [5, 5.41) is 7.29. The molecule has 1 aliphatic carbocycles. The van der Waals surface area contributed by atoms with E-state index in [4.69, 9.17) is 24.4 Å². The number of rotatable bonds is 1. The van der Waals surface area contributed by atoms with Gasteiger partial charge in [-0.2, -0.15) is 0 Å². The summed E-state index contributed by atoms with van der Waals surface area (Å²) in [7, 11) is 1.76.